The van der Waals surface area contributed by atoms with E-state index in [0.717, 1.165) is 19.3 Å². The third kappa shape index (κ3) is 5.21. The van der Waals surface area contributed by atoms with E-state index in [1.165, 1.54) is 16.4 Å². The molecule has 24 heavy (non-hydrogen) atoms. The van der Waals surface area contributed by atoms with Crippen molar-refractivity contribution in [3.8, 4) is 5.75 Å². The number of carbonyl (C=O) groups is 1. The third-order valence-electron chi connectivity index (χ3n) is 3.80. The summed E-state index contributed by atoms with van der Waals surface area (Å²) in [5.74, 6) is 0.395. The van der Waals surface area contributed by atoms with Gasteiger partial charge < -0.3 is 10.1 Å². The Labute approximate surface area is 144 Å². The van der Waals surface area contributed by atoms with E-state index in [1.54, 1.807) is 12.1 Å². The summed E-state index contributed by atoms with van der Waals surface area (Å²) in [6.45, 7) is 4.59. The lowest BCUT2D eigenvalue weighted by molar-refractivity contribution is -0.121. The zero-order valence-corrected chi connectivity index (χ0v) is 15.1. The van der Waals surface area contributed by atoms with Gasteiger partial charge in [0.2, 0.25) is 15.9 Å². The van der Waals surface area contributed by atoms with E-state index in [4.69, 9.17) is 4.74 Å². The smallest absolute Gasteiger partial charge is 0.243 e. The van der Waals surface area contributed by atoms with Crippen LogP contribution in [0.4, 0.5) is 0 Å². The molecule has 1 fully saturated rings. The van der Waals surface area contributed by atoms with E-state index in [0.29, 0.717) is 25.3 Å². The molecular formula is C17H26N2O4S. The third-order valence-corrected chi connectivity index (χ3v) is 5.66. The predicted molar refractivity (Wildman–Crippen MR) is 92.4 cm³/mol. The highest BCUT2D eigenvalue weighted by Crippen LogP contribution is 2.21. The summed E-state index contributed by atoms with van der Waals surface area (Å²) in [7, 11) is -3.70. The van der Waals surface area contributed by atoms with Gasteiger partial charge in [-0.2, -0.15) is 4.31 Å². The van der Waals surface area contributed by atoms with E-state index in [1.807, 2.05) is 13.8 Å². The van der Waals surface area contributed by atoms with Crippen LogP contribution in [0.3, 0.4) is 0 Å². The number of amides is 1. The molecular weight excluding hydrogens is 328 g/mol. The van der Waals surface area contributed by atoms with Gasteiger partial charge in [-0.15, -0.1) is 0 Å². The molecule has 0 bridgehead atoms. The zero-order chi connectivity index (χ0) is 17.6. The van der Waals surface area contributed by atoms with E-state index in [2.05, 4.69) is 5.32 Å². The van der Waals surface area contributed by atoms with E-state index in [-0.39, 0.29) is 23.4 Å². The van der Waals surface area contributed by atoms with Gasteiger partial charge in [0, 0.05) is 12.6 Å². The van der Waals surface area contributed by atoms with Crippen LogP contribution in [0, 0.1) is 0 Å². The molecule has 1 saturated carbocycles. The van der Waals surface area contributed by atoms with Crippen molar-refractivity contribution in [1.82, 2.24) is 9.62 Å². The van der Waals surface area contributed by atoms with Crippen molar-refractivity contribution in [3.63, 3.8) is 0 Å². The van der Waals surface area contributed by atoms with Gasteiger partial charge in [-0.1, -0.05) is 13.3 Å². The maximum absolute atomic E-state index is 12.8. The molecule has 6 nitrogen and oxygen atoms in total. The maximum atomic E-state index is 12.8. The molecule has 1 aliphatic carbocycles. The van der Waals surface area contributed by atoms with Gasteiger partial charge in [0.15, 0.2) is 0 Å². The summed E-state index contributed by atoms with van der Waals surface area (Å²) in [5.41, 5.74) is 0. The lowest BCUT2D eigenvalue weighted by Crippen LogP contribution is -2.41. The summed E-state index contributed by atoms with van der Waals surface area (Å²) in [6.07, 6.45) is 3.53. The second-order valence-electron chi connectivity index (χ2n) is 5.94. The molecule has 134 valence electrons. The SMILES string of the molecule is CCCCN(CC(=O)NC1CC1)S(=O)(=O)c1ccc(OCC)cc1. The molecule has 1 aliphatic rings. The van der Waals surface area contributed by atoms with Crippen molar-refractivity contribution in [2.45, 2.75) is 50.5 Å². The van der Waals surface area contributed by atoms with Gasteiger partial charge in [0.1, 0.15) is 5.75 Å². The second-order valence-corrected chi connectivity index (χ2v) is 7.88. The van der Waals surface area contributed by atoms with Crippen LogP contribution in [0.2, 0.25) is 0 Å². The molecule has 0 spiro atoms. The molecule has 0 heterocycles. The van der Waals surface area contributed by atoms with Crippen molar-refractivity contribution in [2.75, 3.05) is 19.7 Å². The van der Waals surface area contributed by atoms with Crippen LogP contribution in [-0.4, -0.2) is 44.4 Å². The number of rotatable bonds is 10. The van der Waals surface area contributed by atoms with Gasteiger partial charge >= 0.3 is 0 Å². The Morgan fingerprint density at radius 2 is 1.92 bits per heavy atom. The summed E-state index contributed by atoms with van der Waals surface area (Å²) in [5, 5.41) is 2.85. The largest absolute Gasteiger partial charge is 0.494 e. The molecule has 2 rings (SSSR count). The molecule has 0 unspecified atom stereocenters. The van der Waals surface area contributed by atoms with Crippen molar-refractivity contribution >= 4 is 15.9 Å². The fourth-order valence-electron chi connectivity index (χ4n) is 2.30. The summed E-state index contributed by atoms with van der Waals surface area (Å²) < 4.78 is 32.3. The van der Waals surface area contributed by atoms with Crippen molar-refractivity contribution in [2.24, 2.45) is 0 Å². The molecule has 7 heteroatoms. The molecule has 0 radical (unpaired) electrons. The minimum Gasteiger partial charge on any atom is -0.494 e. The topological polar surface area (TPSA) is 75.7 Å². The number of sulfonamides is 1. The Kier molecular flexibility index (Phi) is 6.62. The van der Waals surface area contributed by atoms with E-state index >= 15 is 0 Å². The van der Waals surface area contributed by atoms with Crippen LogP contribution in [0.25, 0.3) is 0 Å². The highest BCUT2D eigenvalue weighted by molar-refractivity contribution is 7.89. The molecule has 1 aromatic carbocycles. The summed E-state index contributed by atoms with van der Waals surface area (Å²) in [6, 6.07) is 6.55. The lowest BCUT2D eigenvalue weighted by atomic mass is 10.3. The van der Waals surface area contributed by atoms with Crippen LogP contribution >= 0.6 is 0 Å². The molecule has 1 amide bonds. The molecule has 0 aromatic heterocycles. The first kappa shape index (κ1) is 18.7. The average molecular weight is 354 g/mol. The van der Waals surface area contributed by atoms with Crippen LogP contribution in [0.1, 0.15) is 39.5 Å². The standard InChI is InChI=1S/C17H26N2O4S/c1-3-5-12-19(13-17(20)18-14-6-7-14)24(21,22)16-10-8-15(9-11-16)23-4-2/h8-11,14H,3-7,12-13H2,1-2H3,(H,18,20). The fraction of sp³-hybridized carbons (Fsp3) is 0.588. The first-order valence-electron chi connectivity index (χ1n) is 8.49. The van der Waals surface area contributed by atoms with Gasteiger partial charge in [0.25, 0.3) is 0 Å². The number of nitrogens with one attached hydrogen (secondary N) is 1. The number of benzene rings is 1. The second kappa shape index (κ2) is 8.48. The van der Waals surface area contributed by atoms with Gasteiger partial charge in [-0.05, 0) is 50.5 Å². The average Bonchev–Trinajstić information content (AvgIpc) is 3.36. The Bertz CT molecular complexity index is 639. The zero-order valence-electron chi connectivity index (χ0n) is 14.3. The number of ether oxygens (including phenoxy) is 1. The Morgan fingerprint density at radius 3 is 2.46 bits per heavy atom. The van der Waals surface area contributed by atoms with Crippen molar-refractivity contribution < 1.29 is 17.9 Å². The minimum absolute atomic E-state index is 0.133. The van der Waals surface area contributed by atoms with Crippen LogP contribution in [0.15, 0.2) is 29.2 Å². The Morgan fingerprint density at radius 1 is 1.25 bits per heavy atom. The Hall–Kier alpha value is -1.60. The fourth-order valence-corrected chi connectivity index (χ4v) is 3.74. The molecule has 0 saturated heterocycles. The minimum atomic E-state index is -3.70. The predicted octanol–water partition coefficient (Wildman–Crippen LogP) is 2.15. The van der Waals surface area contributed by atoms with Gasteiger partial charge in [0.05, 0.1) is 18.0 Å². The summed E-state index contributed by atoms with van der Waals surface area (Å²) >= 11 is 0. The van der Waals surface area contributed by atoms with Crippen LogP contribution in [0.5, 0.6) is 5.75 Å². The quantitative estimate of drug-likeness (QED) is 0.698. The Balaban J connectivity index is 2.13. The van der Waals surface area contributed by atoms with E-state index < -0.39 is 10.0 Å². The van der Waals surface area contributed by atoms with E-state index in [9.17, 15) is 13.2 Å². The number of hydrogen-bond acceptors (Lipinski definition) is 4. The molecule has 0 atom stereocenters. The molecule has 1 aromatic rings. The van der Waals surface area contributed by atoms with Gasteiger partial charge in [-0.25, -0.2) is 8.42 Å². The molecule has 1 N–H and O–H groups in total. The van der Waals surface area contributed by atoms with Crippen LogP contribution in [-0.2, 0) is 14.8 Å². The number of nitrogens with zero attached hydrogens (tertiary/aromatic N) is 1. The first-order chi connectivity index (χ1) is 11.5. The molecule has 0 aliphatic heterocycles. The highest BCUT2D eigenvalue weighted by Gasteiger charge is 2.29. The monoisotopic (exact) mass is 354 g/mol. The van der Waals surface area contributed by atoms with Crippen molar-refractivity contribution in [1.29, 1.82) is 0 Å². The van der Waals surface area contributed by atoms with Crippen LogP contribution < -0.4 is 10.1 Å². The van der Waals surface area contributed by atoms with Gasteiger partial charge in [-0.3, -0.25) is 4.79 Å². The van der Waals surface area contributed by atoms with Crippen molar-refractivity contribution in [3.05, 3.63) is 24.3 Å². The first-order valence-corrected chi connectivity index (χ1v) is 9.93. The normalized spacial score (nSPS) is 14.6. The number of carbonyl (C=O) groups excluding carboxylic acids is 1. The maximum Gasteiger partial charge on any atom is 0.243 e. The lowest BCUT2D eigenvalue weighted by Gasteiger charge is -2.21. The number of hydrogen-bond donors (Lipinski definition) is 1. The number of unbranched alkanes of at least 4 members (excludes halogenated alkanes) is 1. The highest BCUT2D eigenvalue weighted by atomic mass is 32.2. The summed E-state index contributed by atoms with van der Waals surface area (Å²) in [4.78, 5) is 12.2.